The van der Waals surface area contributed by atoms with Crippen molar-refractivity contribution < 1.29 is 28.6 Å². The lowest BCUT2D eigenvalue weighted by Gasteiger charge is -2.34. The van der Waals surface area contributed by atoms with Crippen LogP contribution in [0.5, 0.6) is 0 Å². The molecule has 1 unspecified atom stereocenters. The van der Waals surface area contributed by atoms with Crippen molar-refractivity contribution in [3.63, 3.8) is 0 Å². The van der Waals surface area contributed by atoms with Crippen LogP contribution < -0.4 is 0 Å². The second-order valence-corrected chi connectivity index (χ2v) is 8.04. The van der Waals surface area contributed by atoms with E-state index in [-0.39, 0.29) is 32.1 Å². The van der Waals surface area contributed by atoms with Crippen molar-refractivity contribution in [2.45, 2.75) is 25.8 Å². The van der Waals surface area contributed by atoms with Gasteiger partial charge in [0.05, 0.1) is 31.4 Å². The molecule has 1 heterocycles. The monoisotopic (exact) mass is 471 g/mol. The van der Waals surface area contributed by atoms with Gasteiger partial charge in [0.2, 0.25) is 5.91 Å². The molecule has 174 valence electrons. The highest BCUT2D eigenvalue weighted by molar-refractivity contribution is 6.30. The average Bonchev–Trinajstić information content (AvgIpc) is 2.82. The van der Waals surface area contributed by atoms with Gasteiger partial charge in [-0.1, -0.05) is 35.9 Å². The predicted octanol–water partition coefficient (Wildman–Crippen LogP) is 4.11. The van der Waals surface area contributed by atoms with Gasteiger partial charge in [0.15, 0.2) is 0 Å². The van der Waals surface area contributed by atoms with Crippen molar-refractivity contribution in [3.05, 3.63) is 81.5 Å². The minimum atomic E-state index is -0.483. The molecule has 1 aliphatic heterocycles. The Morgan fingerprint density at radius 2 is 1.67 bits per heavy atom. The fourth-order valence-electron chi connectivity index (χ4n) is 3.79. The highest BCUT2D eigenvalue weighted by atomic mass is 35.5. The molecular weight excluding hydrogens is 446 g/mol. The van der Waals surface area contributed by atoms with Gasteiger partial charge in [-0.05, 0) is 42.3 Å². The van der Waals surface area contributed by atoms with Gasteiger partial charge in [-0.15, -0.1) is 0 Å². The number of benzene rings is 2. The van der Waals surface area contributed by atoms with Crippen LogP contribution in [0.2, 0.25) is 5.02 Å². The molecule has 0 fully saturated rings. The fraction of sp³-hybridized carbons (Fsp3) is 0.320. The van der Waals surface area contributed by atoms with Crippen LogP contribution >= 0.6 is 11.6 Å². The maximum Gasteiger partial charge on any atom is 0.337 e. The van der Waals surface area contributed by atoms with Crippen LogP contribution in [0.15, 0.2) is 59.8 Å². The van der Waals surface area contributed by atoms with E-state index in [0.29, 0.717) is 21.9 Å². The first-order valence-corrected chi connectivity index (χ1v) is 10.8. The number of carbonyl (C=O) groups excluding carboxylic acids is 3. The summed E-state index contributed by atoms with van der Waals surface area (Å²) in [6, 6.07) is 13.9. The quantitative estimate of drug-likeness (QED) is 0.425. The van der Waals surface area contributed by atoms with E-state index in [1.54, 1.807) is 48.2 Å². The lowest BCUT2D eigenvalue weighted by atomic mass is 9.83. The molecular formula is C25H26ClNO6. The van der Waals surface area contributed by atoms with Gasteiger partial charge in [-0.3, -0.25) is 4.79 Å². The number of halogens is 1. The van der Waals surface area contributed by atoms with E-state index >= 15 is 0 Å². The van der Waals surface area contributed by atoms with Gasteiger partial charge in [-0.25, -0.2) is 9.59 Å². The van der Waals surface area contributed by atoms with E-state index in [1.807, 2.05) is 12.1 Å². The standard InChI is InChI=1S/C25H26ClNO6/c1-16-23(25(30)33-13-12-31-2)21(18-8-10-20(26)11-9-18)14-22(28)27(16)15-17-4-6-19(7-5-17)24(29)32-3/h4-11,21H,12-15H2,1-3H3. The normalized spacial score (nSPS) is 16.1. The molecule has 1 amide bonds. The van der Waals surface area contributed by atoms with Gasteiger partial charge >= 0.3 is 11.9 Å². The summed E-state index contributed by atoms with van der Waals surface area (Å²) in [7, 11) is 2.85. The number of esters is 2. The number of allylic oxidation sites excluding steroid dienone is 1. The van der Waals surface area contributed by atoms with Crippen LogP contribution in [0.3, 0.4) is 0 Å². The third kappa shape index (κ3) is 5.80. The molecule has 7 nitrogen and oxygen atoms in total. The average molecular weight is 472 g/mol. The Bertz CT molecular complexity index is 1050. The molecule has 0 saturated carbocycles. The minimum Gasteiger partial charge on any atom is -0.465 e. The number of methoxy groups -OCH3 is 2. The Morgan fingerprint density at radius 3 is 2.27 bits per heavy atom. The van der Waals surface area contributed by atoms with Crippen molar-refractivity contribution in [3.8, 4) is 0 Å². The van der Waals surface area contributed by atoms with Gasteiger partial charge in [-0.2, -0.15) is 0 Å². The Kier molecular flexibility index (Phi) is 8.25. The third-order valence-corrected chi connectivity index (χ3v) is 5.80. The number of hydrogen-bond acceptors (Lipinski definition) is 6. The Morgan fingerprint density at radius 1 is 1.00 bits per heavy atom. The number of amides is 1. The van der Waals surface area contributed by atoms with Gasteiger partial charge in [0.1, 0.15) is 6.61 Å². The summed E-state index contributed by atoms with van der Waals surface area (Å²) in [5.74, 6) is -1.47. The van der Waals surface area contributed by atoms with Gasteiger partial charge in [0.25, 0.3) is 0 Å². The first kappa shape index (κ1) is 24.5. The van der Waals surface area contributed by atoms with Crippen molar-refractivity contribution in [1.29, 1.82) is 0 Å². The van der Waals surface area contributed by atoms with E-state index < -0.39 is 17.9 Å². The molecule has 33 heavy (non-hydrogen) atoms. The molecule has 0 bridgehead atoms. The summed E-state index contributed by atoms with van der Waals surface area (Å²) in [4.78, 5) is 39.4. The summed E-state index contributed by atoms with van der Waals surface area (Å²) >= 11 is 6.02. The van der Waals surface area contributed by atoms with E-state index in [4.69, 9.17) is 25.8 Å². The first-order chi connectivity index (χ1) is 15.8. The molecule has 3 rings (SSSR count). The van der Waals surface area contributed by atoms with Gasteiger partial charge < -0.3 is 19.1 Å². The smallest absolute Gasteiger partial charge is 0.337 e. The van der Waals surface area contributed by atoms with E-state index in [1.165, 1.54) is 14.2 Å². The lowest BCUT2D eigenvalue weighted by molar-refractivity contribution is -0.141. The molecule has 1 aliphatic rings. The molecule has 0 radical (unpaired) electrons. The molecule has 0 aliphatic carbocycles. The van der Waals surface area contributed by atoms with Crippen LogP contribution in [0.25, 0.3) is 0 Å². The summed E-state index contributed by atoms with van der Waals surface area (Å²) in [6.45, 7) is 2.39. The molecule has 0 N–H and O–H groups in total. The summed E-state index contributed by atoms with van der Waals surface area (Å²) in [6.07, 6.45) is 0.119. The van der Waals surface area contributed by atoms with E-state index in [0.717, 1.165) is 11.1 Å². The van der Waals surface area contributed by atoms with E-state index in [9.17, 15) is 14.4 Å². The zero-order chi connectivity index (χ0) is 24.0. The van der Waals surface area contributed by atoms with Crippen molar-refractivity contribution in [2.24, 2.45) is 0 Å². The molecule has 0 aromatic heterocycles. The second kappa shape index (κ2) is 11.1. The fourth-order valence-corrected chi connectivity index (χ4v) is 3.92. The Hall–Kier alpha value is -3.16. The number of carbonyl (C=O) groups is 3. The molecule has 8 heteroatoms. The molecule has 2 aromatic carbocycles. The second-order valence-electron chi connectivity index (χ2n) is 7.60. The summed E-state index contributed by atoms with van der Waals surface area (Å²) < 4.78 is 15.1. The summed E-state index contributed by atoms with van der Waals surface area (Å²) in [5.41, 5.74) is 3.01. The van der Waals surface area contributed by atoms with Crippen LogP contribution in [0.4, 0.5) is 0 Å². The van der Waals surface area contributed by atoms with Crippen LogP contribution in [-0.4, -0.2) is 50.2 Å². The van der Waals surface area contributed by atoms with Crippen LogP contribution in [0.1, 0.15) is 40.7 Å². The number of hydrogen-bond donors (Lipinski definition) is 0. The zero-order valence-electron chi connectivity index (χ0n) is 18.8. The molecule has 2 aromatic rings. The maximum absolute atomic E-state index is 13.1. The van der Waals surface area contributed by atoms with Crippen molar-refractivity contribution in [1.82, 2.24) is 4.90 Å². The predicted molar refractivity (Wildman–Crippen MR) is 123 cm³/mol. The SMILES string of the molecule is COCCOC(=O)C1=C(C)N(Cc2ccc(C(=O)OC)cc2)C(=O)CC1c1ccc(Cl)cc1. The highest BCUT2D eigenvalue weighted by Crippen LogP contribution is 2.38. The van der Waals surface area contributed by atoms with Crippen molar-refractivity contribution >= 4 is 29.4 Å². The maximum atomic E-state index is 13.1. The van der Waals surface area contributed by atoms with Crippen LogP contribution in [0, 0.1) is 0 Å². The van der Waals surface area contributed by atoms with Gasteiger partial charge in [0, 0.05) is 30.2 Å². The number of nitrogens with zero attached hydrogens (tertiary/aromatic N) is 1. The van der Waals surface area contributed by atoms with Crippen molar-refractivity contribution in [2.75, 3.05) is 27.4 Å². The lowest BCUT2D eigenvalue weighted by Crippen LogP contribution is -2.38. The minimum absolute atomic E-state index is 0.113. The first-order valence-electron chi connectivity index (χ1n) is 10.5. The molecule has 0 spiro atoms. The Labute approximate surface area is 197 Å². The number of rotatable bonds is 8. The summed E-state index contributed by atoms with van der Waals surface area (Å²) in [5, 5.41) is 0.572. The number of ether oxygens (including phenoxy) is 3. The topological polar surface area (TPSA) is 82.1 Å². The zero-order valence-corrected chi connectivity index (χ0v) is 19.6. The van der Waals surface area contributed by atoms with Crippen LogP contribution in [-0.2, 0) is 30.3 Å². The Balaban J connectivity index is 1.93. The molecule has 1 atom stereocenters. The highest BCUT2D eigenvalue weighted by Gasteiger charge is 2.37. The largest absolute Gasteiger partial charge is 0.465 e. The third-order valence-electron chi connectivity index (χ3n) is 5.55. The van der Waals surface area contributed by atoms with E-state index in [2.05, 4.69) is 0 Å². The molecule has 0 saturated heterocycles.